The van der Waals surface area contributed by atoms with E-state index >= 15 is 0 Å². The number of carbonyl (C=O) groups is 1. The first kappa shape index (κ1) is 26.9. The van der Waals surface area contributed by atoms with Crippen LogP contribution in [0.1, 0.15) is 29.7 Å². The Morgan fingerprint density at radius 2 is 2.05 bits per heavy atom. The topological polar surface area (TPSA) is 85.4 Å². The molecule has 2 N–H and O–H groups in total. The lowest BCUT2D eigenvalue weighted by Gasteiger charge is -2.21. The number of nitrogens with zero attached hydrogens (tertiary/aromatic N) is 2. The fourth-order valence-corrected chi connectivity index (χ4v) is 5.35. The van der Waals surface area contributed by atoms with E-state index in [9.17, 15) is 9.18 Å². The van der Waals surface area contributed by atoms with E-state index in [2.05, 4.69) is 32.4 Å². The summed E-state index contributed by atoms with van der Waals surface area (Å²) in [6, 6.07) is 13.5. The molecule has 1 aliphatic heterocycles. The van der Waals surface area contributed by atoms with Crippen molar-refractivity contribution in [3.63, 3.8) is 0 Å². The first-order chi connectivity index (χ1) is 19.0. The van der Waals surface area contributed by atoms with Crippen molar-refractivity contribution in [2.45, 2.75) is 25.9 Å². The molecule has 2 aromatic heterocycles. The molecule has 7 nitrogen and oxygen atoms in total. The number of benzene rings is 2. The number of fused-ring (bicyclic) bond motifs is 1. The van der Waals surface area contributed by atoms with E-state index in [0.717, 1.165) is 46.8 Å². The van der Waals surface area contributed by atoms with Crippen molar-refractivity contribution in [1.82, 2.24) is 15.3 Å². The van der Waals surface area contributed by atoms with Gasteiger partial charge in [0.25, 0.3) is 0 Å². The molecule has 3 heterocycles. The third-order valence-corrected chi connectivity index (χ3v) is 7.53. The lowest BCUT2D eigenvalue weighted by Crippen LogP contribution is -2.28. The first-order valence-corrected chi connectivity index (χ1v) is 13.7. The molecule has 0 unspecified atom stereocenters. The van der Waals surface area contributed by atoms with Gasteiger partial charge in [-0.25, -0.2) is 14.4 Å². The zero-order valence-electron chi connectivity index (χ0n) is 21.0. The fourth-order valence-electron chi connectivity index (χ4n) is 4.18. The maximum Gasteiger partial charge on any atom is 0.221 e. The van der Waals surface area contributed by atoms with Crippen LogP contribution in [0.2, 0.25) is 5.02 Å². The Kier molecular flexibility index (Phi) is 8.89. The van der Waals surface area contributed by atoms with Crippen LogP contribution in [0.15, 0.2) is 54.9 Å². The monoisotopic (exact) mass is 564 g/mol. The first-order valence-electron chi connectivity index (χ1n) is 12.5. The van der Waals surface area contributed by atoms with Crippen LogP contribution in [0.4, 0.5) is 15.9 Å². The predicted molar refractivity (Wildman–Crippen MR) is 151 cm³/mol. The lowest BCUT2D eigenvalue weighted by atomic mass is 9.96. The van der Waals surface area contributed by atoms with Gasteiger partial charge >= 0.3 is 0 Å². The number of anilines is 2. The molecule has 0 radical (unpaired) electrons. The van der Waals surface area contributed by atoms with Gasteiger partial charge in [-0.05, 0) is 60.7 Å². The molecular formula is C29H26ClFN4O3S. The molecular weight excluding hydrogens is 539 g/mol. The number of ether oxygens (including phenoxy) is 2. The van der Waals surface area contributed by atoms with Crippen LogP contribution >= 0.6 is 22.9 Å². The predicted octanol–water partition coefficient (Wildman–Crippen LogP) is 6.09. The third kappa shape index (κ3) is 7.45. The number of thiophene rings is 1. The van der Waals surface area contributed by atoms with Crippen LogP contribution < -0.4 is 15.4 Å². The highest BCUT2D eigenvalue weighted by molar-refractivity contribution is 7.20. The third-order valence-electron chi connectivity index (χ3n) is 6.19. The van der Waals surface area contributed by atoms with Crippen LogP contribution in [0.3, 0.4) is 0 Å². The fraction of sp³-hybridized carbons (Fsp3) is 0.276. The van der Waals surface area contributed by atoms with E-state index in [1.165, 1.54) is 29.8 Å². The maximum atomic E-state index is 13.4. The molecule has 1 saturated heterocycles. The van der Waals surface area contributed by atoms with Gasteiger partial charge in [0.1, 0.15) is 24.5 Å². The van der Waals surface area contributed by atoms with Crippen LogP contribution in [0, 0.1) is 23.6 Å². The molecule has 0 saturated carbocycles. The Morgan fingerprint density at radius 3 is 2.87 bits per heavy atom. The Balaban J connectivity index is 1.19. The van der Waals surface area contributed by atoms with Crippen LogP contribution in [0.25, 0.3) is 10.2 Å². The zero-order chi connectivity index (χ0) is 27.0. The molecule has 0 atom stereocenters. The quantitative estimate of drug-likeness (QED) is 0.252. The van der Waals surface area contributed by atoms with Crippen LogP contribution in [-0.4, -0.2) is 35.6 Å². The smallest absolute Gasteiger partial charge is 0.221 e. The summed E-state index contributed by atoms with van der Waals surface area (Å²) in [5.74, 6) is 7.35. The Bertz CT molecular complexity index is 1530. The van der Waals surface area contributed by atoms with Gasteiger partial charge in [0.05, 0.1) is 26.7 Å². The molecule has 5 rings (SSSR count). The van der Waals surface area contributed by atoms with Gasteiger partial charge in [-0.3, -0.25) is 4.79 Å². The lowest BCUT2D eigenvalue weighted by molar-refractivity contribution is -0.122. The van der Waals surface area contributed by atoms with E-state index in [4.69, 9.17) is 21.1 Å². The number of halogens is 2. The molecule has 1 aliphatic rings. The second kappa shape index (κ2) is 12.9. The average molecular weight is 565 g/mol. The van der Waals surface area contributed by atoms with Gasteiger partial charge in [0, 0.05) is 25.3 Å². The Morgan fingerprint density at radius 1 is 1.18 bits per heavy atom. The SMILES string of the molecule is O=C(CC1CCOCC1)NCC#Cc1cc2ncnc(Nc3ccc(OCc4cccc(F)c4)c(Cl)c3)c2s1. The standard InChI is InChI=1S/C29H26ClFN4O3S/c30-24-15-22(6-7-26(24)38-17-20-3-1-4-21(31)13-20)35-29-28-25(33-18-34-29)16-23(39-28)5-2-10-32-27(36)14-19-8-11-37-12-9-19/h1,3-4,6-7,13,15-16,18-19H,8-12,14,17H2,(H,32,36)(H,33,34,35). The molecule has 2 aromatic carbocycles. The summed E-state index contributed by atoms with van der Waals surface area (Å²) in [5.41, 5.74) is 2.21. The normalized spacial score (nSPS) is 13.5. The van der Waals surface area contributed by atoms with Crippen molar-refractivity contribution in [3.8, 4) is 17.6 Å². The number of amides is 1. The van der Waals surface area contributed by atoms with Crippen molar-refractivity contribution in [3.05, 3.63) is 76.1 Å². The van der Waals surface area contributed by atoms with Crippen molar-refractivity contribution >= 4 is 50.6 Å². The minimum absolute atomic E-state index is 0.0222. The highest BCUT2D eigenvalue weighted by atomic mass is 35.5. The molecule has 39 heavy (non-hydrogen) atoms. The summed E-state index contributed by atoms with van der Waals surface area (Å²) in [6.07, 6.45) is 3.86. The summed E-state index contributed by atoms with van der Waals surface area (Å²) in [7, 11) is 0. The second-order valence-electron chi connectivity index (χ2n) is 9.07. The van der Waals surface area contributed by atoms with Gasteiger partial charge in [-0.2, -0.15) is 0 Å². The molecule has 200 valence electrons. The van der Waals surface area contributed by atoms with Gasteiger partial charge in [0.2, 0.25) is 5.91 Å². The van der Waals surface area contributed by atoms with Gasteiger partial charge < -0.3 is 20.1 Å². The number of hydrogen-bond acceptors (Lipinski definition) is 7. The number of nitrogens with one attached hydrogen (secondary N) is 2. The average Bonchev–Trinajstić information content (AvgIpc) is 3.35. The van der Waals surface area contributed by atoms with Crippen LogP contribution in [0.5, 0.6) is 5.75 Å². The van der Waals surface area contributed by atoms with E-state index in [0.29, 0.717) is 41.0 Å². The van der Waals surface area contributed by atoms with Crippen molar-refractivity contribution < 1.29 is 18.7 Å². The summed E-state index contributed by atoms with van der Waals surface area (Å²) in [4.78, 5) is 21.7. The van der Waals surface area contributed by atoms with Crippen LogP contribution in [-0.2, 0) is 16.1 Å². The minimum atomic E-state index is -0.312. The van der Waals surface area contributed by atoms with Crippen molar-refractivity contribution in [2.24, 2.45) is 5.92 Å². The van der Waals surface area contributed by atoms with E-state index in [1.54, 1.807) is 24.3 Å². The molecule has 4 aromatic rings. The summed E-state index contributed by atoms with van der Waals surface area (Å²) in [5, 5.41) is 6.58. The molecule has 10 heteroatoms. The highest BCUT2D eigenvalue weighted by Crippen LogP contribution is 2.33. The van der Waals surface area contributed by atoms with E-state index in [-0.39, 0.29) is 18.3 Å². The highest BCUT2D eigenvalue weighted by Gasteiger charge is 2.17. The van der Waals surface area contributed by atoms with Gasteiger partial charge in [0.15, 0.2) is 5.82 Å². The summed E-state index contributed by atoms with van der Waals surface area (Å²) in [6.45, 7) is 1.96. The minimum Gasteiger partial charge on any atom is -0.487 e. The van der Waals surface area contributed by atoms with Gasteiger partial charge in [-0.15, -0.1) is 11.3 Å². The number of aromatic nitrogens is 2. The molecule has 1 fully saturated rings. The number of hydrogen-bond donors (Lipinski definition) is 2. The van der Waals surface area contributed by atoms with E-state index < -0.39 is 0 Å². The number of rotatable bonds is 8. The Hall–Kier alpha value is -3.71. The summed E-state index contributed by atoms with van der Waals surface area (Å²) >= 11 is 7.91. The molecule has 0 bridgehead atoms. The molecule has 0 aliphatic carbocycles. The van der Waals surface area contributed by atoms with E-state index in [1.807, 2.05) is 12.1 Å². The van der Waals surface area contributed by atoms with Crippen molar-refractivity contribution in [1.29, 1.82) is 0 Å². The maximum absolute atomic E-state index is 13.4. The van der Waals surface area contributed by atoms with Gasteiger partial charge in [-0.1, -0.05) is 35.6 Å². The zero-order valence-corrected chi connectivity index (χ0v) is 22.6. The largest absolute Gasteiger partial charge is 0.487 e. The van der Waals surface area contributed by atoms with Crippen molar-refractivity contribution in [2.75, 3.05) is 25.1 Å². The Labute approximate surface area is 234 Å². The number of carbonyl (C=O) groups excluding carboxylic acids is 1. The molecule has 1 amide bonds. The molecule has 0 spiro atoms. The second-order valence-corrected chi connectivity index (χ2v) is 10.5. The summed E-state index contributed by atoms with van der Waals surface area (Å²) < 4.78 is 25.4.